The Bertz CT molecular complexity index is 443. The minimum Gasteiger partial charge on any atom is -0.296 e. The minimum atomic E-state index is -0.469. The fourth-order valence-corrected chi connectivity index (χ4v) is 1.88. The molecule has 0 bridgehead atoms. The lowest BCUT2D eigenvalue weighted by Gasteiger charge is -2.23. The van der Waals surface area contributed by atoms with E-state index in [2.05, 4.69) is 13.8 Å². The Hall–Kier alpha value is -1.75. The van der Waals surface area contributed by atoms with Gasteiger partial charge in [-0.15, -0.1) is 0 Å². The summed E-state index contributed by atoms with van der Waals surface area (Å²) in [5.41, 5.74) is 0.519. The number of carbonyl (C=O) groups excluding carboxylic acids is 1. The molecule has 0 radical (unpaired) electrons. The number of rotatable bonds is 7. The number of nitro benzene ring substituents is 1. The zero-order valence-electron chi connectivity index (χ0n) is 11.6. The van der Waals surface area contributed by atoms with Gasteiger partial charge in [0.25, 0.3) is 5.69 Å². The average molecular weight is 264 g/mol. The molecule has 0 fully saturated rings. The zero-order chi connectivity index (χ0) is 14.4. The summed E-state index contributed by atoms with van der Waals surface area (Å²) in [4.78, 5) is 24.1. The number of carbonyl (C=O) groups is 1. The number of hydrogen-bond acceptors (Lipinski definition) is 4. The molecule has 19 heavy (non-hydrogen) atoms. The fraction of sp³-hybridized carbons (Fsp3) is 0.500. The van der Waals surface area contributed by atoms with Gasteiger partial charge in [0.15, 0.2) is 5.78 Å². The molecule has 5 nitrogen and oxygen atoms in total. The quantitative estimate of drug-likeness (QED) is 0.431. The van der Waals surface area contributed by atoms with E-state index < -0.39 is 4.92 Å². The van der Waals surface area contributed by atoms with Crippen LogP contribution < -0.4 is 0 Å². The van der Waals surface area contributed by atoms with E-state index in [0.29, 0.717) is 18.2 Å². The van der Waals surface area contributed by atoms with Crippen molar-refractivity contribution < 1.29 is 9.72 Å². The Morgan fingerprint density at radius 2 is 1.95 bits per heavy atom. The highest BCUT2D eigenvalue weighted by Crippen LogP contribution is 2.13. The lowest BCUT2D eigenvalue weighted by Crippen LogP contribution is -2.33. The number of hydrogen-bond donors (Lipinski definition) is 0. The van der Waals surface area contributed by atoms with E-state index in [0.717, 1.165) is 12.8 Å². The third-order valence-corrected chi connectivity index (χ3v) is 3.25. The topological polar surface area (TPSA) is 63.5 Å². The molecule has 0 saturated heterocycles. The molecule has 1 aromatic carbocycles. The van der Waals surface area contributed by atoms with Gasteiger partial charge in [-0.1, -0.05) is 13.3 Å². The zero-order valence-corrected chi connectivity index (χ0v) is 11.6. The van der Waals surface area contributed by atoms with Crippen molar-refractivity contribution in [3.63, 3.8) is 0 Å². The van der Waals surface area contributed by atoms with Gasteiger partial charge in [-0.3, -0.25) is 19.8 Å². The highest BCUT2D eigenvalue weighted by atomic mass is 16.6. The highest BCUT2D eigenvalue weighted by Gasteiger charge is 2.14. The van der Waals surface area contributed by atoms with Crippen molar-refractivity contribution in [2.45, 2.75) is 32.7 Å². The summed E-state index contributed by atoms with van der Waals surface area (Å²) in [5.74, 6) is -0.0136. The Kier molecular flexibility index (Phi) is 5.63. The van der Waals surface area contributed by atoms with Crippen LogP contribution in [0.15, 0.2) is 24.3 Å². The lowest BCUT2D eigenvalue weighted by atomic mass is 10.1. The van der Waals surface area contributed by atoms with E-state index >= 15 is 0 Å². The van der Waals surface area contributed by atoms with Crippen LogP contribution in [0.2, 0.25) is 0 Å². The molecule has 0 aliphatic rings. The number of nitro groups is 1. The van der Waals surface area contributed by atoms with Gasteiger partial charge in [0.05, 0.1) is 11.5 Å². The molecule has 0 aromatic heterocycles. The number of non-ortho nitro benzene ring substituents is 1. The molecule has 104 valence electrons. The summed E-state index contributed by atoms with van der Waals surface area (Å²) in [6.07, 6.45) is 2.13. The van der Waals surface area contributed by atoms with Crippen molar-refractivity contribution >= 4 is 11.5 Å². The number of nitrogens with zero attached hydrogens (tertiary/aromatic N) is 2. The first-order valence-electron chi connectivity index (χ1n) is 6.43. The van der Waals surface area contributed by atoms with Crippen molar-refractivity contribution in [3.8, 4) is 0 Å². The molecule has 0 aliphatic heterocycles. The Balaban J connectivity index is 2.65. The van der Waals surface area contributed by atoms with Crippen LogP contribution >= 0.6 is 0 Å². The molecule has 0 amide bonds. The van der Waals surface area contributed by atoms with Crippen LogP contribution in [0, 0.1) is 10.1 Å². The normalized spacial score (nSPS) is 12.4. The molecule has 0 N–H and O–H groups in total. The first-order chi connectivity index (χ1) is 8.95. The molecule has 1 atom stereocenters. The Morgan fingerprint density at radius 3 is 2.42 bits per heavy atom. The van der Waals surface area contributed by atoms with Crippen LogP contribution in [-0.2, 0) is 0 Å². The summed E-state index contributed by atoms with van der Waals surface area (Å²) in [5, 5.41) is 10.5. The average Bonchev–Trinajstić information content (AvgIpc) is 2.38. The van der Waals surface area contributed by atoms with Crippen LogP contribution in [0.25, 0.3) is 0 Å². The Morgan fingerprint density at radius 1 is 1.37 bits per heavy atom. The van der Waals surface area contributed by atoms with Crippen molar-refractivity contribution in [2.24, 2.45) is 0 Å². The van der Waals surface area contributed by atoms with Crippen molar-refractivity contribution in [1.82, 2.24) is 4.90 Å². The molecule has 1 unspecified atom stereocenters. The maximum absolute atomic E-state index is 12.0. The third kappa shape index (κ3) is 4.44. The molecule has 1 aromatic rings. The minimum absolute atomic E-state index is 0.00394. The van der Waals surface area contributed by atoms with E-state index in [1.54, 1.807) is 0 Å². The molecular formula is C14H20N2O3. The predicted molar refractivity (Wildman–Crippen MR) is 74.4 cm³/mol. The number of Topliss-reactive ketones (excluding diaryl/α,β-unsaturated/α-hetero) is 1. The van der Waals surface area contributed by atoms with Crippen LogP contribution in [0.1, 0.15) is 37.0 Å². The van der Waals surface area contributed by atoms with Gasteiger partial charge in [0.1, 0.15) is 0 Å². The fourth-order valence-electron chi connectivity index (χ4n) is 1.88. The Labute approximate surface area is 113 Å². The van der Waals surface area contributed by atoms with Crippen molar-refractivity contribution in [3.05, 3.63) is 39.9 Å². The van der Waals surface area contributed by atoms with Crippen molar-refractivity contribution in [2.75, 3.05) is 13.6 Å². The smallest absolute Gasteiger partial charge is 0.269 e. The monoisotopic (exact) mass is 264 g/mol. The predicted octanol–water partition coefficient (Wildman–Crippen LogP) is 2.90. The SMILES string of the molecule is CCCC(C)N(C)CC(=O)c1ccc([N+](=O)[O-])cc1. The van der Waals surface area contributed by atoms with Crippen LogP contribution in [-0.4, -0.2) is 35.2 Å². The molecule has 1 rings (SSSR count). The molecule has 0 saturated carbocycles. The van der Waals surface area contributed by atoms with Crippen LogP contribution in [0.3, 0.4) is 0 Å². The second-order valence-corrected chi connectivity index (χ2v) is 4.78. The van der Waals surface area contributed by atoms with E-state index in [1.807, 2.05) is 11.9 Å². The second-order valence-electron chi connectivity index (χ2n) is 4.78. The van der Waals surface area contributed by atoms with Gasteiger partial charge in [-0.25, -0.2) is 0 Å². The van der Waals surface area contributed by atoms with Gasteiger partial charge in [0, 0.05) is 23.7 Å². The van der Waals surface area contributed by atoms with Gasteiger partial charge < -0.3 is 0 Å². The molecule has 0 aliphatic carbocycles. The van der Waals surface area contributed by atoms with Gasteiger partial charge in [-0.05, 0) is 32.5 Å². The van der Waals surface area contributed by atoms with Crippen molar-refractivity contribution in [1.29, 1.82) is 0 Å². The molecule has 5 heteroatoms. The first-order valence-corrected chi connectivity index (χ1v) is 6.43. The highest BCUT2D eigenvalue weighted by molar-refractivity contribution is 5.97. The van der Waals surface area contributed by atoms with Crippen LogP contribution in [0.4, 0.5) is 5.69 Å². The number of ketones is 1. The molecule has 0 spiro atoms. The molecular weight excluding hydrogens is 244 g/mol. The van der Waals surface area contributed by atoms with E-state index in [9.17, 15) is 14.9 Å². The summed E-state index contributed by atoms with van der Waals surface area (Å²) in [6.45, 7) is 4.54. The largest absolute Gasteiger partial charge is 0.296 e. The van der Waals surface area contributed by atoms with Gasteiger partial charge in [0.2, 0.25) is 0 Å². The second kappa shape index (κ2) is 6.99. The van der Waals surface area contributed by atoms with Gasteiger partial charge >= 0.3 is 0 Å². The number of benzene rings is 1. The molecule has 0 heterocycles. The lowest BCUT2D eigenvalue weighted by molar-refractivity contribution is -0.384. The summed E-state index contributed by atoms with van der Waals surface area (Å²) >= 11 is 0. The summed E-state index contributed by atoms with van der Waals surface area (Å²) in [7, 11) is 1.92. The maximum Gasteiger partial charge on any atom is 0.269 e. The summed E-state index contributed by atoms with van der Waals surface area (Å²) < 4.78 is 0. The standard InChI is InChI=1S/C14H20N2O3/c1-4-5-11(2)15(3)10-14(17)12-6-8-13(9-7-12)16(18)19/h6-9,11H,4-5,10H2,1-3H3. The number of likely N-dealkylation sites (N-methyl/N-ethyl adjacent to an activating group) is 1. The van der Waals surface area contributed by atoms with Gasteiger partial charge in [-0.2, -0.15) is 0 Å². The maximum atomic E-state index is 12.0. The first kappa shape index (κ1) is 15.3. The van der Waals surface area contributed by atoms with E-state index in [4.69, 9.17) is 0 Å². The van der Waals surface area contributed by atoms with Crippen LogP contribution in [0.5, 0.6) is 0 Å². The van der Waals surface area contributed by atoms with E-state index in [1.165, 1.54) is 24.3 Å². The third-order valence-electron chi connectivity index (χ3n) is 3.25. The summed E-state index contributed by atoms with van der Waals surface area (Å²) in [6, 6.07) is 6.11. The van der Waals surface area contributed by atoms with E-state index in [-0.39, 0.29) is 11.5 Å².